The number of nitrogens with one attached hydrogen (secondary N) is 1. The highest BCUT2D eigenvalue weighted by atomic mass is 127. The maximum atomic E-state index is 5.82. The minimum atomic E-state index is -0.153. The predicted molar refractivity (Wildman–Crippen MR) is 133 cm³/mol. The lowest BCUT2D eigenvalue weighted by Gasteiger charge is -2.36. The molecule has 1 saturated heterocycles. The molecule has 0 saturated carbocycles. The quantitative estimate of drug-likeness (QED) is 0.327. The van der Waals surface area contributed by atoms with Crippen molar-refractivity contribution in [1.29, 1.82) is 0 Å². The van der Waals surface area contributed by atoms with Crippen LogP contribution < -0.4 is 10.1 Å². The third-order valence-corrected chi connectivity index (χ3v) is 4.91. The van der Waals surface area contributed by atoms with Gasteiger partial charge < -0.3 is 19.5 Å². The van der Waals surface area contributed by atoms with Crippen LogP contribution in [0.1, 0.15) is 39.4 Å². The van der Waals surface area contributed by atoms with E-state index in [4.69, 9.17) is 14.3 Å². The summed E-state index contributed by atoms with van der Waals surface area (Å²) >= 11 is 0. The highest BCUT2D eigenvalue weighted by molar-refractivity contribution is 14.0. The van der Waals surface area contributed by atoms with Crippen molar-refractivity contribution in [2.45, 2.75) is 39.7 Å². The minimum Gasteiger partial charge on any atom is -0.492 e. The van der Waals surface area contributed by atoms with E-state index in [0.29, 0.717) is 24.9 Å². The van der Waals surface area contributed by atoms with E-state index in [1.165, 1.54) is 0 Å². The third-order valence-electron chi connectivity index (χ3n) is 4.91. The van der Waals surface area contributed by atoms with Gasteiger partial charge in [0.1, 0.15) is 18.9 Å². The lowest BCUT2D eigenvalue weighted by molar-refractivity contribution is 0.152. The van der Waals surface area contributed by atoms with Gasteiger partial charge in [0.25, 0.3) is 0 Å². The van der Waals surface area contributed by atoms with Crippen LogP contribution in [0.3, 0.4) is 0 Å². The average Bonchev–Trinajstić information content (AvgIpc) is 3.22. The van der Waals surface area contributed by atoms with Crippen molar-refractivity contribution in [3.8, 4) is 5.75 Å². The predicted octanol–water partition coefficient (Wildman–Crippen LogP) is 3.15. The molecule has 1 aromatic heterocycles. The van der Waals surface area contributed by atoms with Gasteiger partial charge in [0.05, 0.1) is 0 Å². The average molecular weight is 542 g/mol. The van der Waals surface area contributed by atoms with Gasteiger partial charge in [-0.2, -0.15) is 4.98 Å². The smallest absolute Gasteiger partial charge is 0.232 e. The molecule has 0 bridgehead atoms. The molecule has 31 heavy (non-hydrogen) atoms. The zero-order chi connectivity index (χ0) is 21.4. The van der Waals surface area contributed by atoms with Crippen molar-refractivity contribution < 1.29 is 9.26 Å². The molecule has 0 radical (unpaired) electrons. The van der Waals surface area contributed by atoms with Gasteiger partial charge in [-0.1, -0.05) is 44.1 Å². The first-order chi connectivity index (χ1) is 14.5. The molecule has 9 heteroatoms. The Morgan fingerprint density at radius 2 is 1.87 bits per heavy atom. The van der Waals surface area contributed by atoms with Gasteiger partial charge >= 0.3 is 0 Å². The number of benzene rings is 1. The van der Waals surface area contributed by atoms with Crippen LogP contribution in [0, 0.1) is 0 Å². The second-order valence-corrected chi connectivity index (χ2v) is 8.43. The monoisotopic (exact) mass is 542 g/mol. The zero-order valence-corrected chi connectivity index (χ0v) is 21.3. The Morgan fingerprint density at radius 1 is 1.16 bits per heavy atom. The van der Waals surface area contributed by atoms with Gasteiger partial charge in [-0.15, -0.1) is 24.0 Å². The SMILES string of the molecule is CCNC(=NCc1noc(C(C)(C)C)n1)N1CCN(CCOc2ccccc2)CC1.I. The fourth-order valence-electron chi connectivity index (χ4n) is 3.19. The van der Waals surface area contributed by atoms with E-state index < -0.39 is 0 Å². The molecular formula is C22H35IN6O2. The summed E-state index contributed by atoms with van der Waals surface area (Å²) in [5.41, 5.74) is -0.153. The van der Waals surface area contributed by atoms with E-state index in [0.717, 1.165) is 51.0 Å². The second kappa shape index (κ2) is 12.2. The summed E-state index contributed by atoms with van der Waals surface area (Å²) in [6.45, 7) is 14.9. The number of hydrogen-bond donors (Lipinski definition) is 1. The van der Waals surface area contributed by atoms with Crippen LogP contribution in [-0.4, -0.2) is 71.8 Å². The number of piperazine rings is 1. The number of aromatic nitrogens is 2. The van der Waals surface area contributed by atoms with E-state index in [2.05, 4.69) is 53.0 Å². The highest BCUT2D eigenvalue weighted by Crippen LogP contribution is 2.19. The van der Waals surface area contributed by atoms with Crippen molar-refractivity contribution in [1.82, 2.24) is 25.3 Å². The summed E-state index contributed by atoms with van der Waals surface area (Å²) in [6.07, 6.45) is 0. The fourth-order valence-corrected chi connectivity index (χ4v) is 3.19. The number of hydrogen-bond acceptors (Lipinski definition) is 6. The molecule has 0 aliphatic carbocycles. The van der Waals surface area contributed by atoms with Crippen molar-refractivity contribution in [2.75, 3.05) is 45.9 Å². The van der Waals surface area contributed by atoms with Crippen molar-refractivity contribution >= 4 is 29.9 Å². The first-order valence-electron chi connectivity index (χ1n) is 10.7. The van der Waals surface area contributed by atoms with Crippen LogP contribution in [0.15, 0.2) is 39.8 Å². The molecule has 0 spiro atoms. The molecule has 172 valence electrons. The molecule has 1 aromatic carbocycles. The standard InChI is InChI=1S/C22H34N6O2.HI/c1-5-23-21(24-17-19-25-20(30-26-19)22(2,3)4)28-13-11-27(12-14-28)15-16-29-18-9-7-6-8-10-18;/h6-10H,5,11-17H2,1-4H3,(H,23,24);1H. The summed E-state index contributed by atoms with van der Waals surface area (Å²) in [7, 11) is 0. The maximum absolute atomic E-state index is 5.82. The molecule has 1 aliphatic heterocycles. The first-order valence-corrected chi connectivity index (χ1v) is 10.7. The molecule has 0 atom stereocenters. The number of rotatable bonds is 7. The van der Waals surface area contributed by atoms with Crippen molar-refractivity contribution in [2.24, 2.45) is 4.99 Å². The number of para-hydroxylation sites is 1. The van der Waals surface area contributed by atoms with E-state index in [-0.39, 0.29) is 29.4 Å². The Morgan fingerprint density at radius 3 is 2.48 bits per heavy atom. The lowest BCUT2D eigenvalue weighted by Crippen LogP contribution is -2.53. The molecule has 0 unspecified atom stereocenters. The van der Waals surface area contributed by atoms with Crippen LogP contribution in [0.4, 0.5) is 0 Å². The van der Waals surface area contributed by atoms with E-state index >= 15 is 0 Å². The fraction of sp³-hybridized carbons (Fsp3) is 0.591. The molecule has 3 rings (SSSR count). The third kappa shape index (κ3) is 7.95. The van der Waals surface area contributed by atoms with Crippen LogP contribution >= 0.6 is 24.0 Å². The summed E-state index contributed by atoms with van der Waals surface area (Å²) < 4.78 is 11.2. The number of ether oxygens (including phenoxy) is 1. The molecule has 2 aromatic rings. The zero-order valence-electron chi connectivity index (χ0n) is 19.0. The van der Waals surface area contributed by atoms with Crippen LogP contribution in [0.25, 0.3) is 0 Å². The molecule has 1 N–H and O–H groups in total. The van der Waals surface area contributed by atoms with E-state index in [1.54, 1.807) is 0 Å². The van der Waals surface area contributed by atoms with Gasteiger partial charge in [0.2, 0.25) is 5.89 Å². The Balaban J connectivity index is 0.00000341. The Bertz CT molecular complexity index is 798. The van der Waals surface area contributed by atoms with Gasteiger partial charge in [-0.05, 0) is 19.1 Å². The first kappa shape index (κ1) is 25.4. The summed E-state index contributed by atoms with van der Waals surface area (Å²) in [4.78, 5) is 13.9. The van der Waals surface area contributed by atoms with E-state index in [1.807, 2.05) is 30.3 Å². The maximum Gasteiger partial charge on any atom is 0.232 e. The number of guanidine groups is 1. The molecule has 1 aliphatic rings. The molecule has 2 heterocycles. The Hall–Kier alpha value is -1.88. The largest absolute Gasteiger partial charge is 0.492 e. The Labute approximate surface area is 202 Å². The summed E-state index contributed by atoms with van der Waals surface area (Å²) in [5.74, 6) is 3.09. The van der Waals surface area contributed by atoms with Gasteiger partial charge in [0.15, 0.2) is 11.8 Å². The van der Waals surface area contributed by atoms with Crippen molar-refractivity contribution in [3.63, 3.8) is 0 Å². The normalized spacial score (nSPS) is 15.5. The topological polar surface area (TPSA) is 79.0 Å². The highest BCUT2D eigenvalue weighted by Gasteiger charge is 2.22. The second-order valence-electron chi connectivity index (χ2n) is 8.43. The van der Waals surface area contributed by atoms with Crippen LogP contribution in [0.5, 0.6) is 5.75 Å². The Kier molecular flexibility index (Phi) is 10.0. The number of aliphatic imine (C=N–C) groups is 1. The van der Waals surface area contributed by atoms with Crippen LogP contribution in [-0.2, 0) is 12.0 Å². The van der Waals surface area contributed by atoms with Gasteiger partial charge in [-0.25, -0.2) is 4.99 Å². The molecule has 8 nitrogen and oxygen atoms in total. The summed E-state index contributed by atoms with van der Waals surface area (Å²) in [5, 5.41) is 7.45. The number of halogens is 1. The lowest BCUT2D eigenvalue weighted by atomic mass is 9.97. The van der Waals surface area contributed by atoms with Crippen LogP contribution in [0.2, 0.25) is 0 Å². The number of nitrogens with zero attached hydrogens (tertiary/aromatic N) is 5. The van der Waals surface area contributed by atoms with Crippen molar-refractivity contribution in [3.05, 3.63) is 42.0 Å². The van der Waals surface area contributed by atoms with E-state index in [9.17, 15) is 0 Å². The molecular weight excluding hydrogens is 507 g/mol. The van der Waals surface area contributed by atoms with Gasteiger partial charge in [-0.3, -0.25) is 4.90 Å². The minimum absolute atomic E-state index is 0. The van der Waals surface area contributed by atoms with Gasteiger partial charge in [0, 0.05) is 44.7 Å². The molecule has 0 amide bonds. The molecule has 1 fully saturated rings. The summed E-state index contributed by atoms with van der Waals surface area (Å²) in [6, 6.07) is 9.97.